The quantitative estimate of drug-likeness (QED) is 0.570. The zero-order valence-electron chi connectivity index (χ0n) is 11.5. The molecule has 0 atom stereocenters. The number of amides is 3. The lowest BCUT2D eigenvalue weighted by Crippen LogP contribution is -2.37. The normalized spacial score (nSPS) is 13.4. The van der Waals surface area contributed by atoms with Crippen molar-refractivity contribution in [1.29, 1.82) is 0 Å². The van der Waals surface area contributed by atoms with Crippen molar-refractivity contribution in [1.82, 2.24) is 10.6 Å². The lowest BCUT2D eigenvalue weighted by Gasteiger charge is -2.11. The fraction of sp³-hybridized carbons (Fsp3) is 0.357. The molecule has 0 bridgehead atoms. The third kappa shape index (κ3) is 4.57. The van der Waals surface area contributed by atoms with Gasteiger partial charge in [-0.05, 0) is 25.0 Å². The van der Waals surface area contributed by atoms with Crippen molar-refractivity contribution in [2.45, 2.75) is 18.9 Å². The molecule has 0 heterocycles. The van der Waals surface area contributed by atoms with Gasteiger partial charge in [0.05, 0.1) is 24.3 Å². The summed E-state index contributed by atoms with van der Waals surface area (Å²) in [5, 5.41) is 7.84. The maximum Gasteiger partial charge on any atom is 0.253 e. The number of nitrogens with two attached hydrogens (primary N) is 1. The minimum atomic E-state index is -0.413. The summed E-state index contributed by atoms with van der Waals surface area (Å²) in [7, 11) is 0. The van der Waals surface area contributed by atoms with E-state index in [4.69, 9.17) is 5.73 Å². The molecule has 3 amide bonds. The summed E-state index contributed by atoms with van der Waals surface area (Å²) in [5.41, 5.74) is 5.95. The highest BCUT2D eigenvalue weighted by molar-refractivity contribution is 6.04. The van der Waals surface area contributed by atoms with Crippen LogP contribution in [0.4, 0.5) is 5.69 Å². The molecule has 1 aromatic carbocycles. The van der Waals surface area contributed by atoms with Crippen LogP contribution in [0, 0.1) is 0 Å². The lowest BCUT2D eigenvalue weighted by molar-refractivity contribution is -0.123. The van der Waals surface area contributed by atoms with Crippen LogP contribution in [0.1, 0.15) is 23.2 Å². The van der Waals surface area contributed by atoms with Crippen LogP contribution < -0.4 is 21.7 Å². The molecular formula is C14H18N4O3. The smallest absolute Gasteiger partial charge is 0.253 e. The highest BCUT2D eigenvalue weighted by Gasteiger charge is 2.24. The average molecular weight is 290 g/mol. The molecule has 7 nitrogen and oxygen atoms in total. The van der Waals surface area contributed by atoms with Gasteiger partial charge in [-0.25, -0.2) is 0 Å². The van der Waals surface area contributed by atoms with Crippen LogP contribution in [-0.2, 0) is 9.59 Å². The van der Waals surface area contributed by atoms with Crippen molar-refractivity contribution >= 4 is 23.4 Å². The van der Waals surface area contributed by atoms with E-state index < -0.39 is 11.8 Å². The lowest BCUT2D eigenvalue weighted by atomic mass is 10.1. The topological polar surface area (TPSA) is 113 Å². The Morgan fingerprint density at radius 2 is 1.86 bits per heavy atom. The van der Waals surface area contributed by atoms with Crippen LogP contribution in [0.2, 0.25) is 0 Å². The molecule has 1 aliphatic carbocycles. The Bertz CT molecular complexity index is 555. The maximum absolute atomic E-state index is 12.1. The third-order valence-corrected chi connectivity index (χ3v) is 2.99. The maximum atomic E-state index is 12.1. The monoisotopic (exact) mass is 290 g/mol. The van der Waals surface area contributed by atoms with Crippen molar-refractivity contribution in [2.75, 3.05) is 18.4 Å². The Labute approximate surface area is 122 Å². The molecule has 1 aromatic rings. The number of carbonyl (C=O) groups excluding carboxylic acids is 3. The molecule has 1 fully saturated rings. The minimum Gasteiger partial charge on any atom is -0.349 e. The van der Waals surface area contributed by atoms with Gasteiger partial charge in [0, 0.05) is 6.04 Å². The first-order chi connectivity index (χ1) is 10.1. The van der Waals surface area contributed by atoms with E-state index in [9.17, 15) is 14.4 Å². The summed E-state index contributed by atoms with van der Waals surface area (Å²) >= 11 is 0. The molecule has 2 rings (SSSR count). The zero-order valence-corrected chi connectivity index (χ0v) is 11.5. The SMILES string of the molecule is NCC(=O)NCC(=O)Nc1ccccc1C(=O)NC1CC1. The predicted molar refractivity (Wildman–Crippen MR) is 77.6 cm³/mol. The van der Waals surface area contributed by atoms with E-state index in [2.05, 4.69) is 16.0 Å². The van der Waals surface area contributed by atoms with Crippen molar-refractivity contribution in [3.8, 4) is 0 Å². The predicted octanol–water partition coefficient (Wildman–Crippen LogP) is -0.408. The molecule has 0 aliphatic heterocycles. The van der Waals surface area contributed by atoms with Crippen LogP contribution in [0.15, 0.2) is 24.3 Å². The van der Waals surface area contributed by atoms with Crippen molar-refractivity contribution in [3.63, 3.8) is 0 Å². The first-order valence-electron chi connectivity index (χ1n) is 6.76. The van der Waals surface area contributed by atoms with Gasteiger partial charge in [0.15, 0.2) is 0 Å². The number of carbonyl (C=O) groups is 3. The number of nitrogens with one attached hydrogen (secondary N) is 3. The van der Waals surface area contributed by atoms with Crippen molar-refractivity contribution in [2.24, 2.45) is 5.73 Å². The Hall–Kier alpha value is -2.41. The molecule has 21 heavy (non-hydrogen) atoms. The van der Waals surface area contributed by atoms with Crippen molar-refractivity contribution < 1.29 is 14.4 Å². The number of hydrogen-bond donors (Lipinski definition) is 4. The first-order valence-corrected chi connectivity index (χ1v) is 6.76. The standard InChI is InChI=1S/C14H18N4O3/c15-7-12(19)16-8-13(20)18-11-4-2-1-3-10(11)14(21)17-9-5-6-9/h1-4,9H,5-8,15H2,(H,16,19)(H,17,21)(H,18,20). The summed E-state index contributed by atoms with van der Waals surface area (Å²) in [4.78, 5) is 34.8. The Kier molecular flexibility index (Phi) is 4.89. The second-order valence-corrected chi connectivity index (χ2v) is 4.82. The first kappa shape index (κ1) is 15.0. The second-order valence-electron chi connectivity index (χ2n) is 4.82. The van der Waals surface area contributed by atoms with Crippen LogP contribution >= 0.6 is 0 Å². The fourth-order valence-electron chi connectivity index (χ4n) is 1.73. The fourth-order valence-corrected chi connectivity index (χ4v) is 1.73. The average Bonchev–Trinajstić information content (AvgIpc) is 3.29. The molecule has 1 saturated carbocycles. The van der Waals surface area contributed by atoms with Crippen LogP contribution in [0.25, 0.3) is 0 Å². The van der Waals surface area contributed by atoms with Crippen LogP contribution in [-0.4, -0.2) is 36.9 Å². The van der Waals surface area contributed by atoms with E-state index in [1.165, 1.54) is 0 Å². The largest absolute Gasteiger partial charge is 0.349 e. The summed E-state index contributed by atoms with van der Waals surface area (Å²) < 4.78 is 0. The molecular weight excluding hydrogens is 272 g/mol. The molecule has 5 N–H and O–H groups in total. The zero-order chi connectivity index (χ0) is 15.2. The molecule has 0 radical (unpaired) electrons. The van der Waals surface area contributed by atoms with Gasteiger partial charge in [-0.3, -0.25) is 14.4 Å². The molecule has 112 valence electrons. The van der Waals surface area contributed by atoms with E-state index in [0.29, 0.717) is 11.3 Å². The summed E-state index contributed by atoms with van der Waals surface area (Å²) in [6.07, 6.45) is 1.98. The van der Waals surface area contributed by atoms with Gasteiger partial charge >= 0.3 is 0 Å². The Morgan fingerprint density at radius 1 is 1.14 bits per heavy atom. The highest BCUT2D eigenvalue weighted by atomic mass is 16.2. The number of hydrogen-bond acceptors (Lipinski definition) is 4. The van der Waals surface area contributed by atoms with Crippen LogP contribution in [0.3, 0.4) is 0 Å². The van der Waals surface area contributed by atoms with Gasteiger partial charge < -0.3 is 21.7 Å². The van der Waals surface area contributed by atoms with E-state index in [0.717, 1.165) is 12.8 Å². The minimum absolute atomic E-state index is 0.173. The van der Waals surface area contributed by atoms with Gasteiger partial charge in [0.25, 0.3) is 5.91 Å². The Morgan fingerprint density at radius 3 is 2.52 bits per heavy atom. The molecule has 0 spiro atoms. The number of benzene rings is 1. The highest BCUT2D eigenvalue weighted by Crippen LogP contribution is 2.21. The second kappa shape index (κ2) is 6.85. The van der Waals surface area contributed by atoms with Crippen LogP contribution in [0.5, 0.6) is 0 Å². The van der Waals surface area contributed by atoms with Gasteiger partial charge in [-0.1, -0.05) is 12.1 Å². The van der Waals surface area contributed by atoms with Crippen molar-refractivity contribution in [3.05, 3.63) is 29.8 Å². The molecule has 1 aliphatic rings. The van der Waals surface area contributed by atoms with E-state index in [1.54, 1.807) is 24.3 Å². The van der Waals surface area contributed by atoms with E-state index >= 15 is 0 Å². The van der Waals surface area contributed by atoms with E-state index in [1.807, 2.05) is 0 Å². The van der Waals surface area contributed by atoms with Gasteiger partial charge in [-0.2, -0.15) is 0 Å². The van der Waals surface area contributed by atoms with Gasteiger partial charge in [-0.15, -0.1) is 0 Å². The molecule has 0 aromatic heterocycles. The number of anilines is 1. The molecule has 7 heteroatoms. The Balaban J connectivity index is 1.97. The molecule has 0 unspecified atom stereocenters. The summed E-state index contributed by atoms with van der Waals surface area (Å²) in [6, 6.07) is 6.98. The third-order valence-electron chi connectivity index (χ3n) is 2.99. The number of para-hydroxylation sites is 1. The number of rotatable bonds is 6. The summed E-state index contributed by atoms with van der Waals surface area (Å²) in [5.74, 6) is -1.03. The molecule has 0 saturated heterocycles. The summed E-state index contributed by atoms with van der Waals surface area (Å²) in [6.45, 7) is -0.359. The van der Waals surface area contributed by atoms with Gasteiger partial charge in [0.1, 0.15) is 0 Å². The van der Waals surface area contributed by atoms with E-state index in [-0.39, 0.29) is 25.0 Å². The van der Waals surface area contributed by atoms with Gasteiger partial charge in [0.2, 0.25) is 11.8 Å².